The Balaban J connectivity index is 1.98. The molecule has 0 aliphatic carbocycles. The molecule has 2 rings (SSSR count). The van der Waals surface area contributed by atoms with Gasteiger partial charge < -0.3 is 25.7 Å². The number of nitrogens with zero attached hydrogens (tertiary/aromatic N) is 1. The number of β-amino-alcohol motifs (C(OH)–C–C–N with tert-alkyl or cyclic N) is 1. The second-order valence-corrected chi connectivity index (χ2v) is 4.83. The zero-order valence-electron chi connectivity index (χ0n) is 10.3. The molecule has 0 aromatic heterocycles. The van der Waals surface area contributed by atoms with E-state index in [1.807, 2.05) is 0 Å². The van der Waals surface area contributed by atoms with Crippen molar-refractivity contribution in [2.24, 2.45) is 0 Å². The molecule has 0 saturated carbocycles. The van der Waals surface area contributed by atoms with Crippen LogP contribution in [0.3, 0.4) is 0 Å². The standard InChI is InChI=1S/C11H17N3O5/c15-6-4-8(10(17)18)14(5-6)11(19)13-7-2-1-3-12-9(7)16/h6-8,15H,1-5H2,(H,12,16)(H,13,19)(H,17,18). The molecule has 2 heterocycles. The lowest BCUT2D eigenvalue weighted by Gasteiger charge is -2.27. The summed E-state index contributed by atoms with van der Waals surface area (Å²) in [5.74, 6) is -1.41. The summed E-state index contributed by atoms with van der Waals surface area (Å²) in [4.78, 5) is 35.6. The van der Waals surface area contributed by atoms with Crippen molar-refractivity contribution in [1.82, 2.24) is 15.5 Å². The third kappa shape index (κ3) is 2.95. The zero-order chi connectivity index (χ0) is 14.0. The number of likely N-dealkylation sites (tertiary alicyclic amines) is 1. The molecule has 2 saturated heterocycles. The number of piperidine rings is 1. The minimum atomic E-state index is -1.15. The Hall–Kier alpha value is -1.83. The second kappa shape index (κ2) is 5.43. The summed E-state index contributed by atoms with van der Waals surface area (Å²) in [6.07, 6.45) is 0.472. The average Bonchev–Trinajstić information content (AvgIpc) is 2.74. The number of carboxylic acids is 1. The Morgan fingerprint density at radius 2 is 2.16 bits per heavy atom. The maximum absolute atomic E-state index is 12.0. The molecular weight excluding hydrogens is 254 g/mol. The van der Waals surface area contributed by atoms with Gasteiger partial charge in [-0.1, -0.05) is 0 Å². The summed E-state index contributed by atoms with van der Waals surface area (Å²) in [6.45, 7) is 0.558. The Bertz CT molecular complexity index is 400. The molecule has 2 aliphatic rings. The summed E-state index contributed by atoms with van der Waals surface area (Å²) in [5.41, 5.74) is 0. The highest BCUT2D eigenvalue weighted by molar-refractivity contribution is 5.89. The number of amides is 3. The van der Waals surface area contributed by atoms with E-state index in [9.17, 15) is 19.5 Å². The molecule has 0 bridgehead atoms. The minimum absolute atomic E-state index is 0.0135. The third-order valence-corrected chi connectivity index (χ3v) is 3.41. The van der Waals surface area contributed by atoms with Gasteiger partial charge in [0, 0.05) is 19.5 Å². The number of urea groups is 1. The van der Waals surface area contributed by atoms with Crippen LogP contribution >= 0.6 is 0 Å². The number of hydrogen-bond donors (Lipinski definition) is 4. The van der Waals surface area contributed by atoms with E-state index in [2.05, 4.69) is 10.6 Å². The number of aliphatic hydroxyl groups excluding tert-OH is 1. The Kier molecular flexibility index (Phi) is 3.89. The van der Waals surface area contributed by atoms with Gasteiger partial charge in [-0.15, -0.1) is 0 Å². The van der Waals surface area contributed by atoms with Crippen molar-refractivity contribution in [3.8, 4) is 0 Å². The smallest absolute Gasteiger partial charge is 0.326 e. The first-order valence-corrected chi connectivity index (χ1v) is 6.24. The van der Waals surface area contributed by atoms with Gasteiger partial charge in [0.15, 0.2) is 0 Å². The van der Waals surface area contributed by atoms with Gasteiger partial charge in [0.05, 0.1) is 6.10 Å². The third-order valence-electron chi connectivity index (χ3n) is 3.41. The van der Waals surface area contributed by atoms with Crippen LogP contribution in [-0.2, 0) is 9.59 Å². The van der Waals surface area contributed by atoms with Crippen LogP contribution in [0.5, 0.6) is 0 Å². The summed E-state index contributed by atoms with van der Waals surface area (Å²) in [5, 5.41) is 23.6. The molecule has 3 amide bonds. The largest absolute Gasteiger partial charge is 0.480 e. The molecule has 19 heavy (non-hydrogen) atoms. The predicted molar refractivity (Wildman–Crippen MR) is 63.3 cm³/mol. The van der Waals surface area contributed by atoms with Gasteiger partial charge in [-0.25, -0.2) is 9.59 Å². The fourth-order valence-corrected chi connectivity index (χ4v) is 2.41. The fraction of sp³-hybridized carbons (Fsp3) is 0.727. The molecule has 8 heteroatoms. The van der Waals surface area contributed by atoms with Crippen LogP contribution in [0.1, 0.15) is 19.3 Å². The first kappa shape index (κ1) is 13.6. The summed E-state index contributed by atoms with van der Waals surface area (Å²) >= 11 is 0. The van der Waals surface area contributed by atoms with Crippen molar-refractivity contribution in [3.05, 3.63) is 0 Å². The van der Waals surface area contributed by atoms with Gasteiger partial charge in [0.1, 0.15) is 12.1 Å². The molecule has 0 spiro atoms. The van der Waals surface area contributed by atoms with Gasteiger partial charge in [0.25, 0.3) is 0 Å². The second-order valence-electron chi connectivity index (χ2n) is 4.83. The SMILES string of the molecule is O=C1NCCCC1NC(=O)N1CC(O)CC1C(=O)O. The van der Waals surface area contributed by atoms with Crippen molar-refractivity contribution < 1.29 is 24.6 Å². The zero-order valence-corrected chi connectivity index (χ0v) is 10.3. The lowest BCUT2D eigenvalue weighted by atomic mass is 10.1. The summed E-state index contributed by atoms with van der Waals surface area (Å²) in [7, 11) is 0. The highest BCUT2D eigenvalue weighted by atomic mass is 16.4. The molecule has 2 fully saturated rings. The normalized spacial score (nSPS) is 30.9. The van der Waals surface area contributed by atoms with E-state index in [0.29, 0.717) is 13.0 Å². The Labute approximate surface area is 109 Å². The average molecular weight is 271 g/mol. The molecule has 8 nitrogen and oxygen atoms in total. The van der Waals surface area contributed by atoms with Crippen LogP contribution in [-0.4, -0.2) is 64.3 Å². The van der Waals surface area contributed by atoms with Crippen molar-refractivity contribution in [1.29, 1.82) is 0 Å². The number of rotatable bonds is 2. The lowest BCUT2D eigenvalue weighted by Crippen LogP contribution is -2.55. The molecule has 2 aliphatic heterocycles. The minimum Gasteiger partial charge on any atom is -0.480 e. The first-order chi connectivity index (χ1) is 8.99. The topological polar surface area (TPSA) is 119 Å². The summed E-state index contributed by atoms with van der Waals surface area (Å²) in [6, 6.07) is -2.29. The van der Waals surface area contributed by atoms with E-state index >= 15 is 0 Å². The van der Waals surface area contributed by atoms with Crippen LogP contribution in [0.2, 0.25) is 0 Å². The van der Waals surface area contributed by atoms with E-state index in [0.717, 1.165) is 11.3 Å². The molecule has 106 valence electrons. The van der Waals surface area contributed by atoms with E-state index in [1.165, 1.54) is 0 Å². The van der Waals surface area contributed by atoms with Crippen LogP contribution in [0, 0.1) is 0 Å². The maximum atomic E-state index is 12.0. The molecule has 0 aromatic carbocycles. The van der Waals surface area contributed by atoms with Crippen molar-refractivity contribution in [2.45, 2.75) is 37.5 Å². The number of nitrogens with one attached hydrogen (secondary N) is 2. The van der Waals surface area contributed by atoms with Crippen molar-refractivity contribution in [2.75, 3.05) is 13.1 Å². The van der Waals surface area contributed by atoms with Gasteiger partial charge in [-0.3, -0.25) is 4.79 Å². The quantitative estimate of drug-likeness (QED) is 0.487. The number of carboxylic acid groups (broad SMARTS) is 1. The molecule has 0 aromatic rings. The van der Waals surface area contributed by atoms with Crippen LogP contribution < -0.4 is 10.6 Å². The van der Waals surface area contributed by atoms with E-state index in [4.69, 9.17) is 5.11 Å². The number of aliphatic hydroxyl groups is 1. The molecular formula is C11H17N3O5. The predicted octanol–water partition coefficient (Wildman–Crippen LogP) is -1.51. The number of aliphatic carboxylic acids is 1. The van der Waals surface area contributed by atoms with E-state index in [-0.39, 0.29) is 18.9 Å². The monoisotopic (exact) mass is 271 g/mol. The van der Waals surface area contributed by atoms with Gasteiger partial charge in [-0.05, 0) is 12.8 Å². The molecule has 0 radical (unpaired) electrons. The first-order valence-electron chi connectivity index (χ1n) is 6.24. The van der Waals surface area contributed by atoms with Crippen LogP contribution in [0.15, 0.2) is 0 Å². The number of hydrogen-bond acceptors (Lipinski definition) is 4. The van der Waals surface area contributed by atoms with Crippen molar-refractivity contribution >= 4 is 17.9 Å². The maximum Gasteiger partial charge on any atom is 0.326 e. The highest BCUT2D eigenvalue weighted by Gasteiger charge is 2.40. The molecule has 4 N–H and O–H groups in total. The van der Waals surface area contributed by atoms with Crippen LogP contribution in [0.4, 0.5) is 4.79 Å². The van der Waals surface area contributed by atoms with Crippen LogP contribution in [0.25, 0.3) is 0 Å². The van der Waals surface area contributed by atoms with Crippen molar-refractivity contribution in [3.63, 3.8) is 0 Å². The molecule has 3 atom stereocenters. The van der Waals surface area contributed by atoms with Gasteiger partial charge >= 0.3 is 12.0 Å². The van der Waals surface area contributed by atoms with E-state index in [1.54, 1.807) is 0 Å². The Morgan fingerprint density at radius 3 is 2.79 bits per heavy atom. The van der Waals surface area contributed by atoms with Gasteiger partial charge in [0.2, 0.25) is 5.91 Å². The highest BCUT2D eigenvalue weighted by Crippen LogP contribution is 2.18. The van der Waals surface area contributed by atoms with E-state index < -0.39 is 30.2 Å². The number of carbonyl (C=O) groups excluding carboxylic acids is 2. The summed E-state index contributed by atoms with van der Waals surface area (Å²) < 4.78 is 0. The Morgan fingerprint density at radius 1 is 1.42 bits per heavy atom. The lowest BCUT2D eigenvalue weighted by molar-refractivity contribution is -0.141. The fourth-order valence-electron chi connectivity index (χ4n) is 2.41. The molecule has 3 unspecified atom stereocenters. The van der Waals surface area contributed by atoms with Gasteiger partial charge in [-0.2, -0.15) is 0 Å². The number of carbonyl (C=O) groups is 3.